The molecule has 0 aromatic carbocycles. The minimum absolute atomic E-state index is 0.114. The number of fused-ring (bicyclic) bond motifs is 1. The van der Waals surface area contributed by atoms with Gasteiger partial charge in [0.25, 0.3) is 0 Å². The summed E-state index contributed by atoms with van der Waals surface area (Å²) in [5.74, 6) is 0.791. The zero-order valence-electron chi connectivity index (χ0n) is 11.7. The summed E-state index contributed by atoms with van der Waals surface area (Å²) < 4.78 is 39.2. The number of hydrogen-bond donors (Lipinski definition) is 1. The van der Waals surface area contributed by atoms with Gasteiger partial charge in [0.2, 0.25) is 0 Å². The van der Waals surface area contributed by atoms with Gasteiger partial charge in [-0.05, 0) is 12.3 Å². The second kappa shape index (κ2) is 6.09. The first-order chi connectivity index (χ1) is 9.77. The maximum Gasteiger partial charge on any atom is 0.435 e. The molecule has 21 heavy (non-hydrogen) atoms. The van der Waals surface area contributed by atoms with Crippen LogP contribution in [0.15, 0.2) is 18.5 Å². The average molecular weight is 321 g/mol. The minimum Gasteiger partial charge on any atom is -0.367 e. The normalized spacial score (nSPS) is 13.9. The molecule has 2 rings (SSSR count). The van der Waals surface area contributed by atoms with E-state index in [1.54, 1.807) is 0 Å². The van der Waals surface area contributed by atoms with E-state index in [1.807, 2.05) is 0 Å². The fourth-order valence-corrected chi connectivity index (χ4v) is 2.43. The Bertz CT molecular complexity index is 609. The molecule has 0 amide bonds. The van der Waals surface area contributed by atoms with E-state index in [0.29, 0.717) is 18.3 Å². The molecular weight excluding hydrogens is 305 g/mol. The van der Waals surface area contributed by atoms with Crippen molar-refractivity contribution >= 4 is 22.9 Å². The van der Waals surface area contributed by atoms with Gasteiger partial charge in [0.1, 0.15) is 5.52 Å². The molecule has 0 aliphatic heterocycles. The largest absolute Gasteiger partial charge is 0.435 e. The first-order valence-electron chi connectivity index (χ1n) is 6.57. The smallest absolute Gasteiger partial charge is 0.367 e. The maximum absolute atomic E-state index is 12.7. The van der Waals surface area contributed by atoms with Crippen LogP contribution in [0.1, 0.15) is 26.0 Å². The summed E-state index contributed by atoms with van der Waals surface area (Å²) in [5.41, 5.74) is -0.665. The molecule has 0 fully saturated rings. The number of hydrogen-bond acceptors (Lipinski definition) is 3. The van der Waals surface area contributed by atoms with Crippen molar-refractivity contribution in [2.45, 2.75) is 31.8 Å². The van der Waals surface area contributed by atoms with Crippen LogP contribution in [0, 0.1) is 5.92 Å². The molecule has 0 aliphatic rings. The Balaban J connectivity index is 2.18. The molecule has 116 valence electrons. The van der Waals surface area contributed by atoms with Crippen molar-refractivity contribution in [3.63, 3.8) is 0 Å². The average Bonchev–Trinajstić information content (AvgIpc) is 2.79. The Labute approximate surface area is 125 Å². The van der Waals surface area contributed by atoms with Crippen LogP contribution in [0.5, 0.6) is 0 Å². The Morgan fingerprint density at radius 3 is 2.71 bits per heavy atom. The van der Waals surface area contributed by atoms with Crippen molar-refractivity contribution in [3.05, 3.63) is 24.2 Å². The molecule has 2 aromatic rings. The third-order valence-corrected chi connectivity index (χ3v) is 3.23. The van der Waals surface area contributed by atoms with Crippen molar-refractivity contribution < 1.29 is 13.2 Å². The van der Waals surface area contributed by atoms with Crippen LogP contribution in [0.4, 0.5) is 19.0 Å². The molecule has 2 heterocycles. The monoisotopic (exact) mass is 320 g/mol. The summed E-state index contributed by atoms with van der Waals surface area (Å²) in [5, 5.41) is 6.37. The van der Waals surface area contributed by atoms with Crippen molar-refractivity contribution in [3.8, 4) is 0 Å². The summed E-state index contributed by atoms with van der Waals surface area (Å²) in [6, 6.07) is 0.973. The Morgan fingerprint density at radius 2 is 2.10 bits per heavy atom. The van der Waals surface area contributed by atoms with Crippen molar-refractivity contribution in [2.75, 3.05) is 11.9 Å². The van der Waals surface area contributed by atoms with Gasteiger partial charge in [0, 0.05) is 25.0 Å². The standard InChI is InChI=1S/C13H16ClF3N4/c1-8(2)5-9(14)7-19-12-10-6-11(13(15,16)17)20-21(10)4-3-18-12/h3-4,6,8-9H,5,7H2,1-2H3,(H,18,19). The van der Waals surface area contributed by atoms with Crippen LogP contribution >= 0.6 is 11.6 Å². The molecule has 0 saturated heterocycles. The zero-order chi connectivity index (χ0) is 15.6. The topological polar surface area (TPSA) is 42.2 Å². The van der Waals surface area contributed by atoms with Crippen molar-refractivity contribution in [1.82, 2.24) is 14.6 Å². The number of halogens is 4. The molecule has 1 unspecified atom stereocenters. The second-order valence-corrected chi connectivity index (χ2v) is 5.86. The van der Waals surface area contributed by atoms with Crippen LogP contribution in [0.3, 0.4) is 0 Å². The third kappa shape index (κ3) is 4.00. The summed E-state index contributed by atoms with van der Waals surface area (Å²) >= 11 is 6.16. The van der Waals surface area contributed by atoms with Crippen LogP contribution in [0.25, 0.3) is 5.52 Å². The van der Waals surface area contributed by atoms with Gasteiger partial charge in [-0.1, -0.05) is 13.8 Å². The summed E-state index contributed by atoms with van der Waals surface area (Å²) in [7, 11) is 0. The molecule has 2 aromatic heterocycles. The van der Waals surface area contributed by atoms with Gasteiger partial charge >= 0.3 is 6.18 Å². The number of nitrogens with zero attached hydrogens (tertiary/aromatic N) is 3. The predicted octanol–water partition coefficient (Wildman–Crippen LogP) is 3.81. The molecule has 0 bridgehead atoms. The lowest BCUT2D eigenvalue weighted by molar-refractivity contribution is -0.141. The Morgan fingerprint density at radius 1 is 1.38 bits per heavy atom. The summed E-state index contributed by atoms with van der Waals surface area (Å²) in [6.45, 7) is 4.54. The van der Waals surface area contributed by atoms with E-state index in [2.05, 4.69) is 29.2 Å². The van der Waals surface area contributed by atoms with E-state index >= 15 is 0 Å². The molecule has 0 spiro atoms. The second-order valence-electron chi connectivity index (χ2n) is 5.24. The number of alkyl halides is 4. The molecule has 1 atom stereocenters. The highest BCUT2D eigenvalue weighted by Crippen LogP contribution is 2.30. The van der Waals surface area contributed by atoms with Gasteiger partial charge in [0.15, 0.2) is 11.5 Å². The maximum atomic E-state index is 12.7. The molecule has 0 aliphatic carbocycles. The van der Waals surface area contributed by atoms with Gasteiger partial charge in [-0.3, -0.25) is 0 Å². The van der Waals surface area contributed by atoms with Crippen molar-refractivity contribution in [2.24, 2.45) is 5.92 Å². The van der Waals surface area contributed by atoms with E-state index in [1.165, 1.54) is 12.4 Å². The number of nitrogens with one attached hydrogen (secondary N) is 1. The van der Waals surface area contributed by atoms with Gasteiger partial charge < -0.3 is 5.32 Å². The van der Waals surface area contributed by atoms with E-state index in [9.17, 15) is 13.2 Å². The molecule has 4 nitrogen and oxygen atoms in total. The van der Waals surface area contributed by atoms with Crippen LogP contribution in [0.2, 0.25) is 0 Å². The predicted molar refractivity (Wildman–Crippen MR) is 75.6 cm³/mol. The fourth-order valence-electron chi connectivity index (χ4n) is 2.00. The highest BCUT2D eigenvalue weighted by molar-refractivity contribution is 6.20. The fraction of sp³-hybridized carbons (Fsp3) is 0.538. The number of anilines is 1. The molecular formula is C13H16ClF3N4. The number of aromatic nitrogens is 3. The van der Waals surface area contributed by atoms with Crippen LogP contribution < -0.4 is 5.32 Å². The van der Waals surface area contributed by atoms with E-state index in [0.717, 1.165) is 17.0 Å². The van der Waals surface area contributed by atoms with Crippen molar-refractivity contribution in [1.29, 1.82) is 0 Å². The molecule has 0 saturated carbocycles. The third-order valence-electron chi connectivity index (χ3n) is 2.90. The Hall–Kier alpha value is -1.50. The van der Waals surface area contributed by atoms with Crippen LogP contribution in [-0.2, 0) is 6.18 Å². The molecule has 8 heteroatoms. The van der Waals surface area contributed by atoms with E-state index in [-0.39, 0.29) is 10.9 Å². The molecule has 1 N–H and O–H groups in total. The lowest BCUT2D eigenvalue weighted by Gasteiger charge is -2.13. The lowest BCUT2D eigenvalue weighted by Crippen LogP contribution is -2.17. The highest BCUT2D eigenvalue weighted by Gasteiger charge is 2.34. The minimum atomic E-state index is -4.48. The Kier molecular flexibility index (Phi) is 4.61. The highest BCUT2D eigenvalue weighted by atomic mass is 35.5. The van der Waals surface area contributed by atoms with Gasteiger partial charge in [-0.15, -0.1) is 11.6 Å². The lowest BCUT2D eigenvalue weighted by atomic mass is 10.1. The SMILES string of the molecule is CC(C)CC(Cl)CNc1nccn2nc(C(F)(F)F)cc12. The first kappa shape index (κ1) is 15.9. The van der Waals surface area contributed by atoms with E-state index < -0.39 is 11.9 Å². The van der Waals surface area contributed by atoms with Gasteiger partial charge in [-0.2, -0.15) is 18.3 Å². The summed E-state index contributed by atoms with van der Waals surface area (Å²) in [6.07, 6.45) is -0.892. The first-order valence-corrected chi connectivity index (χ1v) is 7.00. The van der Waals surface area contributed by atoms with Gasteiger partial charge in [0.05, 0.1) is 5.38 Å². The summed E-state index contributed by atoms with van der Waals surface area (Å²) in [4.78, 5) is 4.06. The van der Waals surface area contributed by atoms with Crippen LogP contribution in [-0.4, -0.2) is 26.5 Å². The molecule has 0 radical (unpaired) electrons. The number of rotatable bonds is 5. The zero-order valence-corrected chi connectivity index (χ0v) is 12.4. The van der Waals surface area contributed by atoms with E-state index in [4.69, 9.17) is 11.6 Å². The van der Waals surface area contributed by atoms with Gasteiger partial charge in [-0.25, -0.2) is 9.50 Å². The quantitative estimate of drug-likeness (QED) is 0.852.